The third kappa shape index (κ3) is 2.48. The van der Waals surface area contributed by atoms with E-state index in [0.717, 1.165) is 28.5 Å². The lowest BCUT2D eigenvalue weighted by molar-refractivity contribution is 0.924. The molecular formula is C15H15Cl2N3. The van der Waals surface area contributed by atoms with Crippen molar-refractivity contribution in [2.24, 2.45) is 0 Å². The van der Waals surface area contributed by atoms with Crippen molar-refractivity contribution >= 4 is 29.0 Å². The summed E-state index contributed by atoms with van der Waals surface area (Å²) in [5.41, 5.74) is 2.91. The first-order valence-corrected chi connectivity index (χ1v) is 7.37. The van der Waals surface area contributed by atoms with E-state index in [-0.39, 0.29) is 0 Å². The Balaban J connectivity index is 2.15. The molecule has 0 amide bonds. The molecule has 1 aliphatic carbocycles. The zero-order chi connectivity index (χ0) is 14.3. The Morgan fingerprint density at radius 2 is 1.90 bits per heavy atom. The Hall–Kier alpha value is -1.32. The summed E-state index contributed by atoms with van der Waals surface area (Å²) in [6.45, 7) is 2.01. The van der Waals surface area contributed by atoms with Crippen molar-refractivity contribution in [1.82, 2.24) is 9.97 Å². The molecule has 0 bridgehead atoms. The number of nitrogens with one attached hydrogen (secondary N) is 1. The monoisotopic (exact) mass is 307 g/mol. The van der Waals surface area contributed by atoms with Crippen molar-refractivity contribution < 1.29 is 0 Å². The number of benzene rings is 1. The van der Waals surface area contributed by atoms with Gasteiger partial charge >= 0.3 is 0 Å². The number of nitrogens with zero attached hydrogens (tertiary/aromatic N) is 2. The van der Waals surface area contributed by atoms with Crippen molar-refractivity contribution in [2.75, 3.05) is 12.4 Å². The summed E-state index contributed by atoms with van der Waals surface area (Å²) in [5, 5.41) is 4.24. The highest BCUT2D eigenvalue weighted by atomic mass is 35.5. The molecule has 5 heteroatoms. The highest BCUT2D eigenvalue weighted by Crippen LogP contribution is 2.40. The van der Waals surface area contributed by atoms with E-state index in [0.29, 0.717) is 16.0 Å². The van der Waals surface area contributed by atoms with Crippen molar-refractivity contribution in [3.8, 4) is 11.3 Å². The lowest BCUT2D eigenvalue weighted by atomic mass is 10.1. The predicted octanol–water partition coefficient (Wildman–Crippen LogP) is 4.68. The van der Waals surface area contributed by atoms with Crippen molar-refractivity contribution in [3.05, 3.63) is 39.6 Å². The maximum absolute atomic E-state index is 6.11. The molecule has 1 N–H and O–H groups in total. The van der Waals surface area contributed by atoms with Gasteiger partial charge in [-0.3, -0.25) is 0 Å². The number of hydrogen-bond acceptors (Lipinski definition) is 3. The van der Waals surface area contributed by atoms with Crippen LogP contribution in [0.25, 0.3) is 11.3 Å². The molecule has 1 aromatic carbocycles. The quantitative estimate of drug-likeness (QED) is 0.894. The van der Waals surface area contributed by atoms with Gasteiger partial charge in [0.25, 0.3) is 0 Å². The molecule has 1 aromatic heterocycles. The molecule has 2 aromatic rings. The fourth-order valence-electron chi connectivity index (χ4n) is 2.23. The number of rotatable bonds is 3. The maximum Gasteiger partial charge on any atom is 0.134 e. The zero-order valence-corrected chi connectivity index (χ0v) is 12.9. The Morgan fingerprint density at radius 3 is 2.50 bits per heavy atom. The second-order valence-corrected chi connectivity index (χ2v) is 5.87. The van der Waals surface area contributed by atoms with Crippen LogP contribution in [-0.2, 0) is 0 Å². The van der Waals surface area contributed by atoms with Gasteiger partial charge in [0.2, 0.25) is 0 Å². The first-order valence-electron chi connectivity index (χ1n) is 6.62. The van der Waals surface area contributed by atoms with Crippen LogP contribution in [-0.4, -0.2) is 17.0 Å². The molecule has 0 saturated heterocycles. The molecule has 0 unspecified atom stereocenters. The molecular weight excluding hydrogens is 293 g/mol. The third-order valence-electron chi connectivity index (χ3n) is 3.54. The van der Waals surface area contributed by atoms with Gasteiger partial charge in [-0.25, -0.2) is 9.97 Å². The molecule has 3 rings (SSSR count). The molecule has 1 fully saturated rings. The molecule has 1 heterocycles. The average molecular weight is 308 g/mol. The second-order valence-electron chi connectivity index (χ2n) is 5.06. The van der Waals surface area contributed by atoms with Gasteiger partial charge in [-0.2, -0.15) is 0 Å². The smallest absolute Gasteiger partial charge is 0.134 e. The van der Waals surface area contributed by atoms with E-state index >= 15 is 0 Å². The fraction of sp³-hybridized carbons (Fsp3) is 0.333. The summed E-state index contributed by atoms with van der Waals surface area (Å²) >= 11 is 12.1. The van der Waals surface area contributed by atoms with Gasteiger partial charge in [0, 0.05) is 24.1 Å². The minimum Gasteiger partial charge on any atom is -0.373 e. The molecule has 1 saturated carbocycles. The Morgan fingerprint density at radius 1 is 1.15 bits per heavy atom. The van der Waals surface area contributed by atoms with Crippen LogP contribution in [0.1, 0.15) is 30.1 Å². The number of halogens is 2. The first kappa shape index (κ1) is 13.7. The number of anilines is 1. The Bertz CT molecular complexity index is 666. The largest absolute Gasteiger partial charge is 0.373 e. The molecule has 1 aliphatic rings. The van der Waals surface area contributed by atoms with Crippen LogP contribution in [0, 0.1) is 6.92 Å². The highest BCUT2D eigenvalue weighted by molar-refractivity contribution is 6.42. The highest BCUT2D eigenvalue weighted by Gasteiger charge is 2.28. The van der Waals surface area contributed by atoms with E-state index < -0.39 is 0 Å². The van der Waals surface area contributed by atoms with Gasteiger partial charge in [-0.1, -0.05) is 29.3 Å². The molecule has 3 nitrogen and oxygen atoms in total. The molecule has 0 spiro atoms. The lowest BCUT2D eigenvalue weighted by Crippen LogP contribution is -2.04. The van der Waals surface area contributed by atoms with Crippen LogP contribution in [0.5, 0.6) is 0 Å². The molecule has 104 valence electrons. The normalized spacial score (nSPS) is 14.4. The zero-order valence-electron chi connectivity index (χ0n) is 11.4. The summed E-state index contributed by atoms with van der Waals surface area (Å²) in [6, 6.07) is 5.60. The van der Waals surface area contributed by atoms with E-state index in [1.807, 2.05) is 26.1 Å². The minimum atomic E-state index is 0.504. The summed E-state index contributed by atoms with van der Waals surface area (Å²) in [5.74, 6) is 2.30. The average Bonchev–Trinajstić information content (AvgIpc) is 3.27. The fourth-order valence-corrected chi connectivity index (χ4v) is 2.52. The molecule has 0 aliphatic heterocycles. The third-order valence-corrected chi connectivity index (χ3v) is 4.27. The SMILES string of the molecule is CNc1nc(C2CC2)nc(-c2ccc(Cl)c(Cl)c2)c1C. The van der Waals surface area contributed by atoms with E-state index in [2.05, 4.69) is 10.3 Å². The Kier molecular flexibility index (Phi) is 3.57. The molecule has 0 radical (unpaired) electrons. The van der Waals surface area contributed by atoms with Crippen LogP contribution in [0.3, 0.4) is 0 Å². The van der Waals surface area contributed by atoms with Crippen LogP contribution >= 0.6 is 23.2 Å². The van der Waals surface area contributed by atoms with Crippen molar-refractivity contribution in [1.29, 1.82) is 0 Å². The van der Waals surface area contributed by atoms with Gasteiger partial charge in [0.1, 0.15) is 11.6 Å². The van der Waals surface area contributed by atoms with Gasteiger partial charge in [0.15, 0.2) is 0 Å². The lowest BCUT2D eigenvalue weighted by Gasteiger charge is -2.12. The minimum absolute atomic E-state index is 0.504. The summed E-state index contributed by atoms with van der Waals surface area (Å²) in [6.07, 6.45) is 2.35. The van der Waals surface area contributed by atoms with E-state index in [1.54, 1.807) is 6.07 Å². The van der Waals surface area contributed by atoms with Crippen LogP contribution in [0.15, 0.2) is 18.2 Å². The molecule has 20 heavy (non-hydrogen) atoms. The standard InChI is InChI=1S/C15H15Cl2N3/c1-8-13(10-5-6-11(16)12(17)7-10)19-15(9-3-4-9)20-14(8)18-2/h5-7,9H,3-4H2,1-2H3,(H,18,19,20). The van der Waals surface area contributed by atoms with Gasteiger partial charge < -0.3 is 5.32 Å². The number of hydrogen-bond donors (Lipinski definition) is 1. The summed E-state index contributed by atoms with van der Waals surface area (Å²) in [4.78, 5) is 9.33. The van der Waals surface area contributed by atoms with E-state index in [9.17, 15) is 0 Å². The van der Waals surface area contributed by atoms with Crippen molar-refractivity contribution in [3.63, 3.8) is 0 Å². The van der Waals surface area contributed by atoms with Gasteiger partial charge in [-0.15, -0.1) is 0 Å². The van der Waals surface area contributed by atoms with Crippen LogP contribution in [0.2, 0.25) is 10.0 Å². The van der Waals surface area contributed by atoms with Crippen molar-refractivity contribution in [2.45, 2.75) is 25.7 Å². The topological polar surface area (TPSA) is 37.8 Å². The predicted molar refractivity (Wildman–Crippen MR) is 83.7 cm³/mol. The second kappa shape index (κ2) is 5.23. The van der Waals surface area contributed by atoms with E-state index in [1.165, 1.54) is 12.8 Å². The van der Waals surface area contributed by atoms with Gasteiger partial charge in [0.05, 0.1) is 15.7 Å². The molecule has 0 atom stereocenters. The van der Waals surface area contributed by atoms with Crippen LogP contribution in [0.4, 0.5) is 5.82 Å². The summed E-state index contributed by atoms with van der Waals surface area (Å²) in [7, 11) is 1.88. The van der Waals surface area contributed by atoms with Gasteiger partial charge in [-0.05, 0) is 31.9 Å². The van der Waals surface area contributed by atoms with Crippen LogP contribution < -0.4 is 5.32 Å². The summed E-state index contributed by atoms with van der Waals surface area (Å²) < 4.78 is 0. The first-order chi connectivity index (χ1) is 9.60. The van der Waals surface area contributed by atoms with E-state index in [4.69, 9.17) is 28.2 Å². The number of aromatic nitrogens is 2. The Labute approximate surface area is 128 Å². The maximum atomic E-state index is 6.11.